The van der Waals surface area contributed by atoms with E-state index in [2.05, 4.69) is 32.7 Å². The van der Waals surface area contributed by atoms with Gasteiger partial charge in [-0.05, 0) is 44.4 Å². The Hall–Kier alpha value is -2.73. The molecule has 2 heterocycles. The van der Waals surface area contributed by atoms with Crippen molar-refractivity contribution in [1.82, 2.24) is 15.3 Å². The number of rotatable bonds is 7. The van der Waals surface area contributed by atoms with E-state index in [-0.39, 0.29) is 11.9 Å². The number of carbonyl (C=O) groups is 1. The molecule has 3 rings (SSSR count). The fourth-order valence-corrected chi connectivity index (χ4v) is 3.25. The van der Waals surface area contributed by atoms with Gasteiger partial charge in [-0.2, -0.15) is 0 Å². The van der Waals surface area contributed by atoms with Gasteiger partial charge in [-0.25, -0.2) is 9.97 Å². The lowest BCUT2D eigenvalue weighted by molar-refractivity contribution is 0.0934. The van der Waals surface area contributed by atoms with Crippen molar-refractivity contribution in [2.24, 2.45) is 0 Å². The van der Waals surface area contributed by atoms with E-state index in [1.54, 1.807) is 5.38 Å². The summed E-state index contributed by atoms with van der Waals surface area (Å²) < 4.78 is 0. The normalized spacial score (nSPS) is 11.8. The van der Waals surface area contributed by atoms with E-state index >= 15 is 0 Å². The molecule has 0 saturated heterocycles. The van der Waals surface area contributed by atoms with Crippen LogP contribution in [-0.2, 0) is 6.42 Å². The molecule has 2 N–H and O–H groups in total. The summed E-state index contributed by atoms with van der Waals surface area (Å²) >= 11 is 1.39. The number of amides is 1. The molecule has 0 radical (unpaired) electrons. The molecule has 1 aromatic carbocycles. The van der Waals surface area contributed by atoms with Crippen molar-refractivity contribution in [2.45, 2.75) is 32.7 Å². The van der Waals surface area contributed by atoms with Crippen molar-refractivity contribution in [1.29, 1.82) is 0 Å². The third-order valence-corrected chi connectivity index (χ3v) is 4.70. The molecule has 26 heavy (non-hydrogen) atoms. The van der Waals surface area contributed by atoms with Gasteiger partial charge in [0.1, 0.15) is 11.5 Å². The van der Waals surface area contributed by atoms with E-state index in [9.17, 15) is 4.79 Å². The van der Waals surface area contributed by atoms with Gasteiger partial charge < -0.3 is 10.6 Å². The first-order chi connectivity index (χ1) is 12.6. The number of aryl methyl sites for hydroxylation is 2. The molecule has 0 saturated carbocycles. The molecule has 1 unspecified atom stereocenters. The number of hydrogen-bond donors (Lipinski definition) is 2. The average molecular weight is 366 g/mol. The number of thiazole rings is 1. The highest BCUT2D eigenvalue weighted by molar-refractivity contribution is 7.14. The Morgan fingerprint density at radius 1 is 1.12 bits per heavy atom. The average Bonchev–Trinajstić information content (AvgIpc) is 3.09. The van der Waals surface area contributed by atoms with Crippen LogP contribution in [0.3, 0.4) is 0 Å². The van der Waals surface area contributed by atoms with Crippen LogP contribution >= 0.6 is 11.3 Å². The third-order valence-electron chi connectivity index (χ3n) is 3.95. The largest absolute Gasteiger partial charge is 0.348 e. The predicted octanol–water partition coefficient (Wildman–Crippen LogP) is 4.34. The lowest BCUT2D eigenvalue weighted by Gasteiger charge is -2.12. The van der Waals surface area contributed by atoms with Crippen molar-refractivity contribution >= 4 is 28.2 Å². The molecular formula is C20H22N4OS. The maximum absolute atomic E-state index is 12.4. The Balaban J connectivity index is 1.52. The number of hydrogen-bond acceptors (Lipinski definition) is 5. The van der Waals surface area contributed by atoms with Crippen LogP contribution in [0.1, 0.15) is 35.1 Å². The van der Waals surface area contributed by atoms with E-state index in [1.807, 2.05) is 50.2 Å². The summed E-state index contributed by atoms with van der Waals surface area (Å²) in [5.41, 5.74) is 2.63. The number of nitrogens with one attached hydrogen (secondary N) is 2. The summed E-state index contributed by atoms with van der Waals surface area (Å²) in [5, 5.41) is 8.57. The molecule has 0 spiro atoms. The second-order valence-electron chi connectivity index (χ2n) is 6.23. The maximum Gasteiger partial charge on any atom is 0.271 e. The Kier molecular flexibility index (Phi) is 5.96. The molecule has 0 aliphatic heterocycles. The number of carbonyl (C=O) groups excluding carboxylic acids is 1. The Labute approximate surface area is 157 Å². The number of aromatic nitrogens is 2. The minimum absolute atomic E-state index is 0.0826. The molecule has 0 aliphatic carbocycles. The number of nitrogens with zero attached hydrogens (tertiary/aromatic N) is 2. The van der Waals surface area contributed by atoms with Crippen molar-refractivity contribution in [2.75, 3.05) is 5.32 Å². The van der Waals surface area contributed by atoms with E-state index in [0.717, 1.165) is 24.4 Å². The van der Waals surface area contributed by atoms with E-state index < -0.39 is 0 Å². The van der Waals surface area contributed by atoms with Gasteiger partial charge in [0.2, 0.25) is 0 Å². The second kappa shape index (κ2) is 8.58. The quantitative estimate of drug-likeness (QED) is 0.653. The van der Waals surface area contributed by atoms with Gasteiger partial charge in [-0.1, -0.05) is 36.4 Å². The SMILES string of the molecule is Cc1cccc(Nc2nc(C(=O)NC(C)CCc3ccccc3)cs2)n1. The Morgan fingerprint density at radius 2 is 1.92 bits per heavy atom. The van der Waals surface area contributed by atoms with Crippen molar-refractivity contribution in [3.05, 3.63) is 70.9 Å². The monoisotopic (exact) mass is 366 g/mol. The molecule has 134 valence electrons. The lowest BCUT2D eigenvalue weighted by atomic mass is 10.1. The molecule has 2 aromatic heterocycles. The maximum atomic E-state index is 12.4. The summed E-state index contributed by atoms with van der Waals surface area (Å²) in [5.74, 6) is 0.578. The van der Waals surface area contributed by atoms with Gasteiger partial charge in [0.25, 0.3) is 5.91 Å². The van der Waals surface area contributed by atoms with Gasteiger partial charge in [-0.3, -0.25) is 4.79 Å². The van der Waals surface area contributed by atoms with Crippen LogP contribution < -0.4 is 10.6 Å². The zero-order chi connectivity index (χ0) is 18.4. The van der Waals surface area contributed by atoms with Gasteiger partial charge >= 0.3 is 0 Å². The van der Waals surface area contributed by atoms with E-state index in [1.165, 1.54) is 16.9 Å². The summed E-state index contributed by atoms with van der Waals surface area (Å²) in [7, 11) is 0. The van der Waals surface area contributed by atoms with Gasteiger partial charge in [-0.15, -0.1) is 11.3 Å². The van der Waals surface area contributed by atoms with Crippen LogP contribution in [0.2, 0.25) is 0 Å². The van der Waals surface area contributed by atoms with Crippen molar-refractivity contribution in [3.8, 4) is 0 Å². The third kappa shape index (κ3) is 5.13. The topological polar surface area (TPSA) is 66.9 Å². The van der Waals surface area contributed by atoms with Gasteiger partial charge in [0, 0.05) is 17.1 Å². The smallest absolute Gasteiger partial charge is 0.271 e. The van der Waals surface area contributed by atoms with Gasteiger partial charge in [0.05, 0.1) is 0 Å². The molecular weight excluding hydrogens is 344 g/mol. The first kappa shape index (κ1) is 18.1. The zero-order valence-electron chi connectivity index (χ0n) is 14.9. The van der Waals surface area contributed by atoms with E-state index in [4.69, 9.17) is 0 Å². The van der Waals surface area contributed by atoms with Crippen molar-refractivity contribution < 1.29 is 4.79 Å². The number of anilines is 2. The summed E-state index contributed by atoms with van der Waals surface area (Å²) in [4.78, 5) is 21.1. The Bertz CT molecular complexity index is 863. The molecule has 0 bridgehead atoms. The van der Waals surface area contributed by atoms with Crippen molar-refractivity contribution in [3.63, 3.8) is 0 Å². The van der Waals surface area contributed by atoms with Gasteiger partial charge in [0.15, 0.2) is 5.13 Å². The number of pyridine rings is 1. The highest BCUT2D eigenvalue weighted by Gasteiger charge is 2.14. The molecule has 0 aliphatic rings. The molecule has 5 nitrogen and oxygen atoms in total. The first-order valence-corrected chi connectivity index (χ1v) is 9.49. The van der Waals surface area contributed by atoms with Crippen LogP contribution in [-0.4, -0.2) is 21.9 Å². The van der Waals surface area contributed by atoms with E-state index in [0.29, 0.717) is 10.8 Å². The molecule has 6 heteroatoms. The standard InChI is InChI=1S/C20H22N4OS/c1-14-7-6-10-18(21-14)24-20-23-17(13-26-20)19(25)22-15(2)11-12-16-8-4-3-5-9-16/h3-10,13,15H,11-12H2,1-2H3,(H,22,25)(H,21,23,24). The van der Waals surface area contributed by atoms with Crippen LogP contribution in [0.5, 0.6) is 0 Å². The van der Waals surface area contributed by atoms with Crippen LogP contribution in [0.25, 0.3) is 0 Å². The minimum Gasteiger partial charge on any atom is -0.348 e. The fourth-order valence-electron chi connectivity index (χ4n) is 2.56. The second-order valence-corrected chi connectivity index (χ2v) is 7.08. The molecule has 0 fully saturated rings. The van der Waals surface area contributed by atoms with Crippen LogP contribution in [0.15, 0.2) is 53.9 Å². The number of benzene rings is 1. The van der Waals surface area contributed by atoms with Crippen LogP contribution in [0.4, 0.5) is 10.9 Å². The first-order valence-electron chi connectivity index (χ1n) is 8.61. The fraction of sp³-hybridized carbons (Fsp3) is 0.250. The minimum atomic E-state index is -0.146. The Morgan fingerprint density at radius 3 is 2.69 bits per heavy atom. The van der Waals surface area contributed by atoms with Crippen LogP contribution in [0, 0.1) is 6.92 Å². The predicted molar refractivity (Wildman–Crippen MR) is 106 cm³/mol. The summed E-state index contributed by atoms with van der Waals surface area (Å²) in [6.45, 7) is 3.95. The highest BCUT2D eigenvalue weighted by Crippen LogP contribution is 2.20. The highest BCUT2D eigenvalue weighted by atomic mass is 32.1. The summed E-state index contributed by atoms with van der Waals surface area (Å²) in [6, 6.07) is 16.1. The lowest BCUT2D eigenvalue weighted by Crippen LogP contribution is -2.33. The molecule has 3 aromatic rings. The molecule has 1 atom stereocenters. The molecule has 1 amide bonds. The summed E-state index contributed by atoms with van der Waals surface area (Å²) in [6.07, 6.45) is 1.82. The zero-order valence-corrected chi connectivity index (χ0v) is 15.7.